The van der Waals surface area contributed by atoms with Crippen LogP contribution in [0.15, 0.2) is 42.1 Å². The van der Waals surface area contributed by atoms with Crippen molar-refractivity contribution < 1.29 is 9.53 Å². The number of carbonyl (C=O) groups is 1. The number of nitrogens with two attached hydrogens (primary N) is 1. The topological polar surface area (TPSA) is 52.3 Å². The maximum atomic E-state index is 11.0. The van der Waals surface area contributed by atoms with E-state index in [0.29, 0.717) is 0 Å². The summed E-state index contributed by atoms with van der Waals surface area (Å²) in [6, 6.07) is 10.2. The number of aryl methyl sites for hydroxylation is 1. The average Bonchev–Trinajstić information content (AvgIpc) is 2.34. The number of rotatable bonds is 5. The average molecular weight is 219 g/mol. The van der Waals surface area contributed by atoms with Gasteiger partial charge in [-0.15, -0.1) is 0 Å². The van der Waals surface area contributed by atoms with Gasteiger partial charge in [-0.2, -0.15) is 0 Å². The van der Waals surface area contributed by atoms with Crippen molar-refractivity contribution in [2.45, 2.75) is 19.3 Å². The maximum absolute atomic E-state index is 11.0. The number of benzene rings is 1. The summed E-state index contributed by atoms with van der Waals surface area (Å²) >= 11 is 0. The Hall–Kier alpha value is -1.77. The van der Waals surface area contributed by atoms with Gasteiger partial charge >= 0.3 is 5.97 Å². The molecule has 0 aliphatic rings. The minimum Gasteiger partial charge on any atom is -0.464 e. The van der Waals surface area contributed by atoms with Crippen LogP contribution in [0.1, 0.15) is 18.4 Å². The SMILES string of the molecule is COC(=O)C(N)=CCCCc1ccccc1. The highest BCUT2D eigenvalue weighted by atomic mass is 16.5. The van der Waals surface area contributed by atoms with E-state index in [-0.39, 0.29) is 5.70 Å². The molecule has 0 atom stereocenters. The standard InChI is InChI=1S/C13H17NO2/c1-16-13(15)12(14)10-6-5-9-11-7-3-2-4-8-11/h2-4,7-8,10H,5-6,9,14H2,1H3. The number of unbranched alkanes of at least 4 members (excludes halogenated alkanes) is 1. The summed E-state index contributed by atoms with van der Waals surface area (Å²) in [5.41, 5.74) is 6.98. The molecule has 2 N–H and O–H groups in total. The van der Waals surface area contributed by atoms with Crippen LogP contribution in [0.4, 0.5) is 0 Å². The molecule has 0 amide bonds. The molecule has 0 aliphatic heterocycles. The number of hydrogen-bond acceptors (Lipinski definition) is 3. The molecule has 1 rings (SSSR count). The molecule has 0 spiro atoms. The molecule has 0 heterocycles. The first-order valence-electron chi connectivity index (χ1n) is 5.32. The highest BCUT2D eigenvalue weighted by Gasteiger charge is 2.02. The van der Waals surface area contributed by atoms with Crippen LogP contribution in [0.3, 0.4) is 0 Å². The van der Waals surface area contributed by atoms with Crippen LogP contribution in [0.2, 0.25) is 0 Å². The van der Waals surface area contributed by atoms with Gasteiger partial charge in [0, 0.05) is 0 Å². The van der Waals surface area contributed by atoms with Crippen molar-refractivity contribution in [2.75, 3.05) is 7.11 Å². The van der Waals surface area contributed by atoms with Gasteiger partial charge in [0.25, 0.3) is 0 Å². The molecule has 0 saturated heterocycles. The molecule has 3 heteroatoms. The van der Waals surface area contributed by atoms with Gasteiger partial charge in [-0.1, -0.05) is 36.4 Å². The zero-order valence-corrected chi connectivity index (χ0v) is 9.48. The van der Waals surface area contributed by atoms with Gasteiger partial charge in [-0.05, 0) is 24.8 Å². The fourth-order valence-electron chi connectivity index (χ4n) is 1.41. The Labute approximate surface area is 95.9 Å². The predicted molar refractivity (Wildman–Crippen MR) is 63.7 cm³/mol. The number of ether oxygens (including phenoxy) is 1. The van der Waals surface area contributed by atoms with Crippen LogP contribution in [-0.4, -0.2) is 13.1 Å². The molecule has 0 bridgehead atoms. The minimum absolute atomic E-state index is 0.190. The van der Waals surface area contributed by atoms with E-state index in [1.165, 1.54) is 12.7 Å². The molecule has 0 saturated carbocycles. The van der Waals surface area contributed by atoms with Crippen molar-refractivity contribution in [3.8, 4) is 0 Å². The van der Waals surface area contributed by atoms with Crippen molar-refractivity contribution >= 4 is 5.97 Å². The number of carbonyl (C=O) groups excluding carboxylic acids is 1. The second-order valence-corrected chi connectivity index (χ2v) is 3.53. The third kappa shape index (κ3) is 4.17. The Bertz CT molecular complexity index is 357. The first-order chi connectivity index (χ1) is 7.74. The minimum atomic E-state index is -0.459. The Morgan fingerprint density at radius 2 is 2.06 bits per heavy atom. The van der Waals surface area contributed by atoms with Gasteiger partial charge in [0.1, 0.15) is 5.70 Å². The highest BCUT2D eigenvalue weighted by molar-refractivity contribution is 5.87. The van der Waals surface area contributed by atoms with E-state index in [9.17, 15) is 4.79 Å². The predicted octanol–water partition coefficient (Wildman–Crippen LogP) is 2.02. The van der Waals surface area contributed by atoms with Crippen LogP contribution in [0, 0.1) is 0 Å². The van der Waals surface area contributed by atoms with Gasteiger partial charge in [-0.3, -0.25) is 0 Å². The lowest BCUT2D eigenvalue weighted by Gasteiger charge is -2.00. The van der Waals surface area contributed by atoms with Crippen molar-refractivity contribution in [2.24, 2.45) is 5.73 Å². The monoisotopic (exact) mass is 219 g/mol. The second kappa shape index (κ2) is 6.67. The van der Waals surface area contributed by atoms with Crippen LogP contribution in [0.5, 0.6) is 0 Å². The van der Waals surface area contributed by atoms with Crippen LogP contribution >= 0.6 is 0 Å². The fraction of sp³-hybridized carbons (Fsp3) is 0.308. The van der Waals surface area contributed by atoms with Crippen LogP contribution < -0.4 is 5.73 Å². The zero-order chi connectivity index (χ0) is 11.8. The third-order valence-corrected chi connectivity index (χ3v) is 2.30. The molecule has 0 fully saturated rings. The second-order valence-electron chi connectivity index (χ2n) is 3.53. The van der Waals surface area contributed by atoms with Crippen molar-refractivity contribution in [3.05, 3.63) is 47.7 Å². The summed E-state index contributed by atoms with van der Waals surface area (Å²) in [7, 11) is 1.33. The van der Waals surface area contributed by atoms with Crippen molar-refractivity contribution in [1.82, 2.24) is 0 Å². The number of esters is 1. The number of allylic oxidation sites excluding steroid dienone is 1. The molecular weight excluding hydrogens is 202 g/mol. The summed E-state index contributed by atoms with van der Waals surface area (Å²) in [4.78, 5) is 11.0. The van der Waals surface area contributed by atoms with Gasteiger partial charge in [0.15, 0.2) is 0 Å². The highest BCUT2D eigenvalue weighted by Crippen LogP contribution is 2.05. The molecule has 1 aromatic rings. The molecule has 0 aromatic heterocycles. The Kier molecular flexibility index (Phi) is 5.12. The van der Waals surface area contributed by atoms with Crippen molar-refractivity contribution in [3.63, 3.8) is 0 Å². The molecule has 0 radical (unpaired) electrons. The lowest BCUT2D eigenvalue weighted by molar-refractivity contribution is -0.136. The molecule has 3 nitrogen and oxygen atoms in total. The quantitative estimate of drug-likeness (QED) is 0.468. The Morgan fingerprint density at radius 1 is 1.38 bits per heavy atom. The first kappa shape index (κ1) is 12.3. The lowest BCUT2D eigenvalue weighted by atomic mass is 10.1. The number of methoxy groups -OCH3 is 1. The van der Waals surface area contributed by atoms with Gasteiger partial charge in [0.05, 0.1) is 7.11 Å². The summed E-state index contributed by atoms with van der Waals surface area (Å²) < 4.78 is 4.50. The van der Waals surface area contributed by atoms with E-state index in [1.807, 2.05) is 18.2 Å². The fourth-order valence-corrected chi connectivity index (χ4v) is 1.41. The first-order valence-corrected chi connectivity index (χ1v) is 5.32. The van der Waals surface area contributed by atoms with E-state index in [0.717, 1.165) is 19.3 Å². The Morgan fingerprint density at radius 3 is 2.69 bits per heavy atom. The zero-order valence-electron chi connectivity index (χ0n) is 9.48. The molecule has 0 aliphatic carbocycles. The van der Waals surface area contributed by atoms with E-state index >= 15 is 0 Å². The van der Waals surface area contributed by atoms with Crippen molar-refractivity contribution in [1.29, 1.82) is 0 Å². The van der Waals surface area contributed by atoms with Gasteiger partial charge in [-0.25, -0.2) is 4.79 Å². The molecule has 1 aromatic carbocycles. The normalized spacial score (nSPS) is 11.2. The van der Waals surface area contributed by atoms with E-state index in [2.05, 4.69) is 16.9 Å². The largest absolute Gasteiger partial charge is 0.464 e. The van der Waals surface area contributed by atoms with Gasteiger partial charge < -0.3 is 10.5 Å². The third-order valence-electron chi connectivity index (χ3n) is 2.30. The van der Waals surface area contributed by atoms with Gasteiger partial charge in [0.2, 0.25) is 0 Å². The summed E-state index contributed by atoms with van der Waals surface area (Å²) in [5, 5.41) is 0. The summed E-state index contributed by atoms with van der Waals surface area (Å²) in [6.45, 7) is 0. The molecule has 0 unspecified atom stereocenters. The van der Waals surface area contributed by atoms with Crippen LogP contribution in [-0.2, 0) is 16.0 Å². The maximum Gasteiger partial charge on any atom is 0.353 e. The Balaban J connectivity index is 2.29. The lowest BCUT2D eigenvalue weighted by Crippen LogP contribution is -2.12. The van der Waals surface area contributed by atoms with E-state index in [1.54, 1.807) is 6.08 Å². The molecule has 86 valence electrons. The molecule has 16 heavy (non-hydrogen) atoms. The number of hydrogen-bond donors (Lipinski definition) is 1. The molecular formula is C13H17NO2. The van der Waals surface area contributed by atoms with E-state index < -0.39 is 5.97 Å². The van der Waals surface area contributed by atoms with Crippen LogP contribution in [0.25, 0.3) is 0 Å². The van der Waals surface area contributed by atoms with E-state index in [4.69, 9.17) is 5.73 Å². The summed E-state index contributed by atoms with van der Waals surface area (Å²) in [5.74, 6) is -0.459. The smallest absolute Gasteiger partial charge is 0.353 e. The summed E-state index contributed by atoms with van der Waals surface area (Å²) in [6.07, 6.45) is 4.47.